The molecule has 13 heavy (non-hydrogen) atoms. The summed E-state index contributed by atoms with van der Waals surface area (Å²) < 4.78 is 4.61. The predicted octanol–water partition coefficient (Wildman–Crippen LogP) is -0.687. The van der Waals surface area contributed by atoms with Crippen LogP contribution in [0.1, 0.15) is 12.8 Å². The summed E-state index contributed by atoms with van der Waals surface area (Å²) in [4.78, 5) is 19.3. The van der Waals surface area contributed by atoms with Crippen LogP contribution in [0, 0.1) is 0 Å². The number of ether oxygens (including phenoxy) is 1. The molecule has 1 fully saturated rings. The van der Waals surface area contributed by atoms with Crippen molar-refractivity contribution in [3.8, 4) is 0 Å². The smallest absolute Gasteiger partial charge is 0.303 e. The lowest BCUT2D eigenvalue weighted by molar-refractivity contribution is -0.143. The molecule has 0 aromatic rings. The lowest BCUT2D eigenvalue weighted by Crippen LogP contribution is -2.00. The van der Waals surface area contributed by atoms with Gasteiger partial charge in [-0.3, -0.25) is 9.59 Å². The van der Waals surface area contributed by atoms with Gasteiger partial charge in [0.1, 0.15) is 6.10 Å². The zero-order chi connectivity index (χ0) is 10.3. The maximum Gasteiger partial charge on any atom is 0.303 e. The van der Waals surface area contributed by atoms with Gasteiger partial charge in [0.15, 0.2) is 0 Å². The molecule has 76 valence electrons. The summed E-state index contributed by atoms with van der Waals surface area (Å²) in [7, 11) is 0. The number of aliphatic carboxylic acids is 2. The molecule has 1 saturated heterocycles. The quantitative estimate of drug-likeness (QED) is 0.509. The molecule has 0 amide bonds. The van der Waals surface area contributed by atoms with Crippen LogP contribution in [0.2, 0.25) is 0 Å². The Bertz CT molecular complexity index is 160. The minimum Gasteiger partial charge on any atom is -0.481 e. The van der Waals surface area contributed by atoms with Crippen LogP contribution in [-0.2, 0) is 14.3 Å². The lowest BCUT2D eigenvalue weighted by atomic mass is 10.3. The second-order valence-electron chi connectivity index (χ2n) is 2.43. The Morgan fingerprint density at radius 1 is 1.23 bits per heavy atom. The van der Waals surface area contributed by atoms with Crippen LogP contribution < -0.4 is 0 Å². The fourth-order valence-electron chi connectivity index (χ4n) is 0.387. The van der Waals surface area contributed by atoms with E-state index in [-0.39, 0.29) is 25.6 Å². The summed E-state index contributed by atoms with van der Waals surface area (Å²) in [5.41, 5.74) is 0. The first-order valence-electron chi connectivity index (χ1n) is 3.72. The number of hydrogen-bond donors (Lipinski definition) is 3. The van der Waals surface area contributed by atoms with Crippen molar-refractivity contribution in [2.75, 3.05) is 13.2 Å². The molecule has 0 spiro atoms. The fourth-order valence-corrected chi connectivity index (χ4v) is 0.387. The highest BCUT2D eigenvalue weighted by Crippen LogP contribution is 2.04. The van der Waals surface area contributed by atoms with E-state index in [0.29, 0.717) is 0 Å². The predicted molar refractivity (Wildman–Crippen MR) is 41.3 cm³/mol. The molecule has 0 saturated carbocycles. The van der Waals surface area contributed by atoms with Crippen molar-refractivity contribution >= 4 is 11.9 Å². The van der Waals surface area contributed by atoms with Gasteiger partial charge >= 0.3 is 11.9 Å². The average molecular weight is 192 g/mol. The van der Waals surface area contributed by atoms with Gasteiger partial charge in [0, 0.05) is 0 Å². The van der Waals surface area contributed by atoms with Gasteiger partial charge in [0.05, 0.1) is 26.1 Å². The van der Waals surface area contributed by atoms with E-state index in [1.165, 1.54) is 0 Å². The van der Waals surface area contributed by atoms with E-state index in [0.717, 1.165) is 6.61 Å². The Morgan fingerprint density at radius 3 is 1.69 bits per heavy atom. The van der Waals surface area contributed by atoms with Crippen molar-refractivity contribution < 1.29 is 29.6 Å². The molecule has 0 aromatic heterocycles. The van der Waals surface area contributed by atoms with Crippen LogP contribution in [-0.4, -0.2) is 46.6 Å². The molecule has 1 aliphatic heterocycles. The molecule has 0 aromatic carbocycles. The van der Waals surface area contributed by atoms with Crippen molar-refractivity contribution in [1.29, 1.82) is 0 Å². The molecule has 0 radical (unpaired) electrons. The molecule has 1 rings (SSSR count). The van der Waals surface area contributed by atoms with Crippen molar-refractivity contribution in [1.82, 2.24) is 0 Å². The monoisotopic (exact) mass is 192 g/mol. The standard InChI is InChI=1S/C4H6O4.C3H6O2/c5-3(6)1-2-4(7)8;4-1-3-2-5-3/h1-2H2,(H,5,6)(H,7,8);3-4H,1-2H2. The third kappa shape index (κ3) is 10.9. The fraction of sp³-hybridized carbons (Fsp3) is 0.714. The third-order valence-electron chi connectivity index (χ3n) is 1.16. The minimum absolute atomic E-state index is 0.190. The molecule has 0 aliphatic carbocycles. The molecule has 1 atom stereocenters. The van der Waals surface area contributed by atoms with Gasteiger partial charge in [0.2, 0.25) is 0 Å². The molecule has 3 N–H and O–H groups in total. The van der Waals surface area contributed by atoms with Gasteiger partial charge in [-0.1, -0.05) is 0 Å². The highest BCUT2D eigenvalue weighted by Gasteiger charge is 2.19. The Morgan fingerprint density at radius 2 is 1.62 bits per heavy atom. The molecule has 1 heterocycles. The van der Waals surface area contributed by atoms with Crippen LogP contribution in [0.15, 0.2) is 0 Å². The minimum atomic E-state index is -1.08. The molecule has 1 aliphatic rings. The number of carboxylic acid groups (broad SMARTS) is 2. The number of hydrogen-bond acceptors (Lipinski definition) is 4. The van der Waals surface area contributed by atoms with Gasteiger partial charge in [-0.15, -0.1) is 0 Å². The Balaban J connectivity index is 0.000000243. The van der Waals surface area contributed by atoms with Gasteiger partial charge < -0.3 is 20.1 Å². The highest BCUT2D eigenvalue weighted by molar-refractivity contribution is 5.75. The van der Waals surface area contributed by atoms with Gasteiger partial charge in [-0.2, -0.15) is 0 Å². The summed E-state index contributed by atoms with van der Waals surface area (Å²) in [6.45, 7) is 0.955. The second-order valence-corrected chi connectivity index (χ2v) is 2.43. The van der Waals surface area contributed by atoms with Gasteiger partial charge in [0.25, 0.3) is 0 Å². The van der Waals surface area contributed by atoms with E-state index in [1.807, 2.05) is 0 Å². The first-order valence-corrected chi connectivity index (χ1v) is 3.72. The SMILES string of the molecule is O=C(O)CCC(=O)O.OCC1CO1. The first kappa shape index (κ1) is 11.9. The summed E-state index contributed by atoms with van der Waals surface area (Å²) in [6, 6.07) is 0. The van der Waals surface area contributed by atoms with Crippen LogP contribution >= 0.6 is 0 Å². The summed E-state index contributed by atoms with van der Waals surface area (Å²) in [5.74, 6) is -2.15. The second kappa shape index (κ2) is 6.38. The van der Waals surface area contributed by atoms with E-state index in [1.54, 1.807) is 0 Å². The van der Waals surface area contributed by atoms with E-state index in [4.69, 9.17) is 15.3 Å². The molecular formula is C7H12O6. The molecule has 6 nitrogen and oxygen atoms in total. The first-order chi connectivity index (χ1) is 6.06. The Labute approximate surface area is 74.7 Å². The number of carbonyl (C=O) groups is 2. The van der Waals surface area contributed by atoms with E-state index in [2.05, 4.69) is 4.74 Å². The number of aliphatic hydroxyl groups is 1. The average Bonchev–Trinajstić information content (AvgIpc) is 2.84. The number of carboxylic acids is 2. The topological polar surface area (TPSA) is 107 Å². The Hall–Kier alpha value is -1.14. The van der Waals surface area contributed by atoms with Crippen LogP contribution in [0.4, 0.5) is 0 Å². The molecule has 1 unspecified atom stereocenters. The highest BCUT2D eigenvalue weighted by atomic mass is 16.6. The zero-order valence-corrected chi connectivity index (χ0v) is 6.97. The number of epoxide rings is 1. The number of rotatable bonds is 4. The largest absolute Gasteiger partial charge is 0.481 e. The normalized spacial score (nSPS) is 18.4. The summed E-state index contributed by atoms with van der Waals surface area (Å²) >= 11 is 0. The van der Waals surface area contributed by atoms with Crippen LogP contribution in [0.25, 0.3) is 0 Å². The lowest BCUT2D eigenvalue weighted by Gasteiger charge is -1.85. The third-order valence-corrected chi connectivity index (χ3v) is 1.16. The van der Waals surface area contributed by atoms with E-state index < -0.39 is 11.9 Å². The van der Waals surface area contributed by atoms with Crippen molar-refractivity contribution in [2.45, 2.75) is 18.9 Å². The molecule has 6 heteroatoms. The van der Waals surface area contributed by atoms with Crippen molar-refractivity contribution in [3.05, 3.63) is 0 Å². The molecular weight excluding hydrogens is 180 g/mol. The maximum atomic E-state index is 9.64. The van der Waals surface area contributed by atoms with Crippen molar-refractivity contribution in [2.24, 2.45) is 0 Å². The number of aliphatic hydroxyl groups excluding tert-OH is 1. The van der Waals surface area contributed by atoms with Crippen LogP contribution in [0.5, 0.6) is 0 Å². The van der Waals surface area contributed by atoms with E-state index in [9.17, 15) is 9.59 Å². The molecule has 0 bridgehead atoms. The van der Waals surface area contributed by atoms with Gasteiger partial charge in [-0.05, 0) is 0 Å². The Kier molecular flexibility index (Phi) is 5.82. The van der Waals surface area contributed by atoms with Crippen molar-refractivity contribution in [3.63, 3.8) is 0 Å². The zero-order valence-electron chi connectivity index (χ0n) is 6.97. The summed E-state index contributed by atoms with van der Waals surface area (Å²) in [5, 5.41) is 23.9. The maximum absolute atomic E-state index is 9.64. The summed E-state index contributed by atoms with van der Waals surface area (Å²) in [6.07, 6.45) is -0.403. The van der Waals surface area contributed by atoms with Gasteiger partial charge in [-0.25, -0.2) is 0 Å². The van der Waals surface area contributed by atoms with Crippen LogP contribution in [0.3, 0.4) is 0 Å². The van der Waals surface area contributed by atoms with E-state index >= 15 is 0 Å².